The first-order valence-electron chi connectivity index (χ1n) is 9.39. The quantitative estimate of drug-likeness (QED) is 0.255. The number of allylic oxidation sites excluding steroid dienone is 1. The molecule has 0 radical (unpaired) electrons. The number of aryl methyl sites for hydroxylation is 2. The average molecular weight is 392 g/mol. The molecule has 29 heavy (non-hydrogen) atoms. The molecule has 2 aromatic heterocycles. The van der Waals surface area contributed by atoms with Crippen molar-refractivity contribution in [1.29, 1.82) is 0 Å². The molecule has 148 valence electrons. The lowest BCUT2D eigenvalue weighted by molar-refractivity contribution is -0.512. The molecule has 0 aromatic carbocycles. The predicted molar refractivity (Wildman–Crippen MR) is 105 cm³/mol. The molecule has 0 saturated carbocycles. The zero-order chi connectivity index (χ0) is 20.7. The molecular formula is C21H20N4O4. The van der Waals surface area contributed by atoms with E-state index in [9.17, 15) is 14.9 Å². The largest absolute Gasteiger partial charge is 0.457 e. The first kappa shape index (κ1) is 18.9. The van der Waals surface area contributed by atoms with Crippen LogP contribution >= 0.6 is 0 Å². The van der Waals surface area contributed by atoms with E-state index in [1.807, 2.05) is 20.0 Å². The second-order valence-corrected chi connectivity index (χ2v) is 7.44. The zero-order valence-electron chi connectivity index (χ0n) is 16.4. The van der Waals surface area contributed by atoms with Crippen LogP contribution in [0.2, 0.25) is 0 Å². The summed E-state index contributed by atoms with van der Waals surface area (Å²) in [6.07, 6.45) is 8.01. The minimum atomic E-state index is -0.978. The molecule has 0 saturated heterocycles. The number of aromatic nitrogens is 3. The maximum atomic E-state index is 12.2. The Kier molecular flexibility index (Phi) is 4.66. The summed E-state index contributed by atoms with van der Waals surface area (Å²) in [5.74, 6) is 5.23. The summed E-state index contributed by atoms with van der Waals surface area (Å²) < 4.78 is 7.41. The smallest absolute Gasteiger partial charge is 0.346 e. The van der Waals surface area contributed by atoms with Gasteiger partial charge < -0.3 is 4.74 Å². The van der Waals surface area contributed by atoms with Crippen LogP contribution in [0, 0.1) is 41.7 Å². The second-order valence-electron chi connectivity index (χ2n) is 7.44. The van der Waals surface area contributed by atoms with Gasteiger partial charge in [0.05, 0.1) is 22.8 Å². The highest BCUT2D eigenvalue weighted by atomic mass is 16.6. The molecule has 2 aliphatic carbocycles. The lowest BCUT2D eigenvalue weighted by Gasteiger charge is -2.24. The van der Waals surface area contributed by atoms with E-state index in [1.165, 1.54) is 6.08 Å². The van der Waals surface area contributed by atoms with E-state index in [0.29, 0.717) is 0 Å². The number of nitro groups is 1. The van der Waals surface area contributed by atoms with Crippen LogP contribution in [0.15, 0.2) is 35.7 Å². The highest BCUT2D eigenvalue weighted by Crippen LogP contribution is 2.35. The van der Waals surface area contributed by atoms with Crippen molar-refractivity contribution in [3.63, 3.8) is 0 Å². The van der Waals surface area contributed by atoms with Crippen molar-refractivity contribution in [2.24, 2.45) is 5.92 Å². The Morgan fingerprint density at radius 1 is 1.38 bits per heavy atom. The number of fused-ring (bicyclic) bond motifs is 1. The Bertz CT molecular complexity index is 1150. The van der Waals surface area contributed by atoms with Crippen LogP contribution in [0.1, 0.15) is 36.5 Å². The number of esters is 1. The van der Waals surface area contributed by atoms with Gasteiger partial charge in [0.1, 0.15) is 18.0 Å². The number of hydrogen-bond acceptors (Lipinski definition) is 6. The standard InChI is InChI=1S/C21H20N4O4/c1-12-8-16(4-5-18(12)25(27)28)21(26)29-11-15-9-17(10-15)20-23-14(3)19-13(2)22-6-7-24(19)20/h6-9,12,17-18H,10-11H2,1-3H3/t12?,17-,18?/m1/s1. The third-order valence-electron chi connectivity index (χ3n) is 5.31. The van der Waals surface area contributed by atoms with E-state index in [2.05, 4.69) is 27.3 Å². The molecule has 4 rings (SSSR count). The predicted octanol–water partition coefficient (Wildman–Crippen LogP) is 2.53. The topological polar surface area (TPSA) is 99.6 Å². The molecule has 2 heterocycles. The van der Waals surface area contributed by atoms with Gasteiger partial charge in [-0.25, -0.2) is 9.78 Å². The molecule has 0 spiro atoms. The monoisotopic (exact) mass is 392 g/mol. The molecule has 0 amide bonds. The molecule has 2 unspecified atom stereocenters. The fourth-order valence-corrected chi connectivity index (χ4v) is 3.77. The van der Waals surface area contributed by atoms with Gasteiger partial charge in [-0.2, -0.15) is 0 Å². The normalized spacial score (nSPS) is 22.8. The number of imidazole rings is 1. The Hall–Kier alpha value is -3.47. The molecule has 2 aromatic rings. The molecule has 8 heteroatoms. The van der Waals surface area contributed by atoms with E-state index in [-0.39, 0.29) is 18.1 Å². The average Bonchev–Trinajstić information content (AvgIpc) is 2.97. The highest BCUT2D eigenvalue weighted by molar-refractivity contribution is 5.94. The van der Waals surface area contributed by atoms with Crippen LogP contribution < -0.4 is 0 Å². The molecular weight excluding hydrogens is 372 g/mol. The van der Waals surface area contributed by atoms with E-state index in [0.717, 1.165) is 34.7 Å². The minimum absolute atomic E-state index is 0.168. The van der Waals surface area contributed by atoms with Crippen molar-refractivity contribution in [3.05, 3.63) is 63.0 Å². The fraction of sp³-hybridized carbons (Fsp3) is 0.381. The lowest BCUT2D eigenvalue weighted by atomic mass is 9.86. The van der Waals surface area contributed by atoms with Gasteiger partial charge in [-0.1, -0.05) is 25.0 Å². The summed E-state index contributed by atoms with van der Waals surface area (Å²) in [6.45, 7) is 5.79. The van der Waals surface area contributed by atoms with Gasteiger partial charge in [0, 0.05) is 23.2 Å². The van der Waals surface area contributed by atoms with Crippen molar-refractivity contribution < 1.29 is 14.5 Å². The maximum absolute atomic E-state index is 12.2. The Morgan fingerprint density at radius 3 is 2.83 bits per heavy atom. The highest BCUT2D eigenvalue weighted by Gasteiger charge is 2.30. The van der Waals surface area contributed by atoms with E-state index in [4.69, 9.17) is 9.72 Å². The molecule has 0 fully saturated rings. The third-order valence-corrected chi connectivity index (χ3v) is 5.31. The molecule has 8 nitrogen and oxygen atoms in total. The van der Waals surface area contributed by atoms with Crippen molar-refractivity contribution >= 4 is 11.5 Å². The van der Waals surface area contributed by atoms with E-state index < -0.39 is 22.9 Å². The number of carbonyl (C=O) groups is 1. The van der Waals surface area contributed by atoms with Gasteiger partial charge in [-0.05, 0) is 31.8 Å². The van der Waals surface area contributed by atoms with Crippen LogP contribution in [0.4, 0.5) is 0 Å². The van der Waals surface area contributed by atoms with Gasteiger partial charge in [0.15, 0.2) is 0 Å². The third kappa shape index (κ3) is 3.40. The van der Waals surface area contributed by atoms with Gasteiger partial charge in [-0.3, -0.25) is 19.5 Å². The molecule has 0 aliphatic heterocycles. The summed E-state index contributed by atoms with van der Waals surface area (Å²) in [4.78, 5) is 31.7. The van der Waals surface area contributed by atoms with Crippen molar-refractivity contribution in [3.8, 4) is 11.8 Å². The van der Waals surface area contributed by atoms with Crippen LogP contribution in [0.5, 0.6) is 0 Å². The fourth-order valence-electron chi connectivity index (χ4n) is 3.77. The Labute approximate surface area is 167 Å². The summed E-state index contributed by atoms with van der Waals surface area (Å²) >= 11 is 0. The van der Waals surface area contributed by atoms with Gasteiger partial charge >= 0.3 is 5.97 Å². The molecule has 3 atom stereocenters. The number of carbonyl (C=O) groups excluding carboxylic acids is 1. The van der Waals surface area contributed by atoms with E-state index in [1.54, 1.807) is 13.1 Å². The first-order valence-corrected chi connectivity index (χ1v) is 9.39. The van der Waals surface area contributed by atoms with Gasteiger partial charge in [-0.15, -0.1) is 0 Å². The Morgan fingerprint density at radius 2 is 2.14 bits per heavy atom. The number of ether oxygens (including phenoxy) is 1. The lowest BCUT2D eigenvalue weighted by Crippen LogP contribution is -2.27. The van der Waals surface area contributed by atoms with Gasteiger partial charge in [0.25, 0.3) is 6.04 Å². The summed E-state index contributed by atoms with van der Waals surface area (Å²) in [7, 11) is 0. The van der Waals surface area contributed by atoms with Crippen LogP contribution in [0.3, 0.4) is 0 Å². The summed E-state index contributed by atoms with van der Waals surface area (Å²) in [5.41, 5.74) is 4.12. The molecule has 0 bridgehead atoms. The van der Waals surface area contributed by atoms with Crippen LogP contribution in [-0.4, -0.2) is 37.9 Å². The Balaban J connectivity index is 1.40. The first-order chi connectivity index (χ1) is 13.8. The minimum Gasteiger partial charge on any atom is -0.457 e. The maximum Gasteiger partial charge on any atom is 0.346 e. The summed E-state index contributed by atoms with van der Waals surface area (Å²) in [5, 5.41) is 10.9. The number of hydrogen-bond donors (Lipinski definition) is 0. The van der Waals surface area contributed by atoms with Crippen molar-refractivity contribution in [2.45, 2.75) is 39.2 Å². The van der Waals surface area contributed by atoms with Crippen molar-refractivity contribution in [1.82, 2.24) is 14.4 Å². The zero-order valence-corrected chi connectivity index (χ0v) is 16.4. The second kappa shape index (κ2) is 7.17. The summed E-state index contributed by atoms with van der Waals surface area (Å²) in [6, 6.07) is -0.978. The SMILES string of the molecule is Cc1nccn2c([C@@H]3C=C(COC(=O)C4=CC(C)C([N+](=O)[O-])C#C4)C3)nc(C)c12. The molecule has 2 aliphatic rings. The number of nitrogens with zero attached hydrogens (tertiary/aromatic N) is 4. The van der Waals surface area contributed by atoms with E-state index >= 15 is 0 Å². The molecule has 0 N–H and O–H groups in total. The van der Waals surface area contributed by atoms with Crippen molar-refractivity contribution in [2.75, 3.05) is 6.61 Å². The van der Waals surface area contributed by atoms with Crippen LogP contribution in [-0.2, 0) is 9.53 Å². The van der Waals surface area contributed by atoms with Crippen LogP contribution in [0.25, 0.3) is 5.52 Å². The number of rotatable bonds is 5. The van der Waals surface area contributed by atoms with Gasteiger partial charge in [0.2, 0.25) is 0 Å².